The lowest BCUT2D eigenvalue weighted by molar-refractivity contribution is 0.0583. The first kappa shape index (κ1) is 42.0. The minimum Gasteiger partial charge on any atom is -0.495 e. The standard InChI is InChI=1S/C37H50Cl2N8O7/c1-36(2,3)53-34(49)46(26-12-11-24(18-25(26)40)45-15-13-23(14-16-45)44(7)8)29-17-22(42-21-43-29)20-41-33(48)47(35(50)54-37(4,5)6)32-30(38)27(51-9)19-28(52-10)31(32)39/h11-12,17-19,21,23H,13-16,20,40H2,1-10H3,(H,41,48). The van der Waals surface area contributed by atoms with Gasteiger partial charge >= 0.3 is 18.2 Å². The van der Waals surface area contributed by atoms with Crippen molar-refractivity contribution in [3.05, 3.63) is 52.4 Å². The van der Waals surface area contributed by atoms with Crippen molar-refractivity contribution in [1.29, 1.82) is 0 Å². The zero-order chi connectivity index (χ0) is 40.1. The van der Waals surface area contributed by atoms with Crippen LogP contribution in [0, 0.1) is 0 Å². The number of amides is 4. The molecule has 1 aliphatic rings. The maximum Gasteiger partial charge on any atom is 0.423 e. The van der Waals surface area contributed by atoms with Crippen LogP contribution in [0.1, 0.15) is 60.1 Å². The van der Waals surface area contributed by atoms with E-state index in [9.17, 15) is 14.4 Å². The lowest BCUT2D eigenvalue weighted by atomic mass is 10.0. The van der Waals surface area contributed by atoms with Gasteiger partial charge in [-0.1, -0.05) is 23.2 Å². The number of piperidine rings is 1. The number of methoxy groups -OCH3 is 2. The van der Waals surface area contributed by atoms with Gasteiger partial charge in [0.1, 0.15) is 50.6 Å². The monoisotopic (exact) mass is 788 g/mol. The van der Waals surface area contributed by atoms with E-state index in [2.05, 4.69) is 39.2 Å². The molecule has 4 amide bonds. The van der Waals surface area contributed by atoms with Crippen LogP contribution in [0.5, 0.6) is 11.5 Å². The molecule has 1 aromatic heterocycles. The molecule has 4 rings (SSSR count). The molecule has 17 heteroatoms. The molecule has 294 valence electrons. The fraction of sp³-hybridized carbons (Fsp3) is 0.486. The van der Waals surface area contributed by atoms with E-state index in [-0.39, 0.29) is 45.3 Å². The summed E-state index contributed by atoms with van der Waals surface area (Å²) in [4.78, 5) is 56.3. The van der Waals surface area contributed by atoms with Crippen LogP contribution in [-0.4, -0.2) is 91.7 Å². The molecule has 54 heavy (non-hydrogen) atoms. The molecule has 3 aromatic rings. The predicted octanol–water partition coefficient (Wildman–Crippen LogP) is 7.64. The number of nitrogens with one attached hydrogen (secondary N) is 1. The molecule has 0 aliphatic carbocycles. The maximum atomic E-state index is 13.9. The molecule has 0 bridgehead atoms. The SMILES string of the molecule is COc1cc(OC)c(Cl)c(N(C(=O)NCc2cc(N(C(=O)OC(C)(C)C)c3ccc(N4CCC(N(C)C)CC4)cc3N)ncn2)C(=O)OC(C)(C)C)c1Cl. The van der Waals surface area contributed by atoms with Crippen molar-refractivity contribution in [3.63, 3.8) is 0 Å². The Morgan fingerprint density at radius 2 is 1.46 bits per heavy atom. The van der Waals surface area contributed by atoms with E-state index in [1.165, 1.54) is 37.6 Å². The van der Waals surface area contributed by atoms with Crippen molar-refractivity contribution in [2.75, 3.05) is 61.8 Å². The Morgan fingerprint density at radius 1 is 0.889 bits per heavy atom. The summed E-state index contributed by atoms with van der Waals surface area (Å²) in [6.07, 6.45) is 1.47. The van der Waals surface area contributed by atoms with E-state index in [0.717, 1.165) is 31.6 Å². The highest BCUT2D eigenvalue weighted by atomic mass is 35.5. The number of aromatic nitrogens is 2. The number of carbonyl (C=O) groups excluding carboxylic acids is 3. The van der Waals surface area contributed by atoms with Crippen molar-refractivity contribution in [2.45, 2.75) is 78.2 Å². The molecule has 3 N–H and O–H groups in total. The third-order valence-corrected chi connectivity index (χ3v) is 9.03. The van der Waals surface area contributed by atoms with Crippen LogP contribution in [0.25, 0.3) is 0 Å². The summed E-state index contributed by atoms with van der Waals surface area (Å²) in [6, 6.07) is 7.98. The van der Waals surface area contributed by atoms with Gasteiger partial charge in [0.15, 0.2) is 0 Å². The molecule has 1 aliphatic heterocycles. The summed E-state index contributed by atoms with van der Waals surface area (Å²) in [6.45, 7) is 11.7. The number of hydrogen-bond acceptors (Lipinski definition) is 12. The molecule has 2 aromatic carbocycles. The normalized spacial score (nSPS) is 13.7. The van der Waals surface area contributed by atoms with Gasteiger partial charge in [0.25, 0.3) is 0 Å². The number of urea groups is 1. The molecule has 0 unspecified atom stereocenters. The lowest BCUT2D eigenvalue weighted by Gasteiger charge is -2.37. The van der Waals surface area contributed by atoms with Gasteiger partial charge in [-0.3, -0.25) is 0 Å². The van der Waals surface area contributed by atoms with Crippen molar-refractivity contribution in [2.24, 2.45) is 0 Å². The number of halogens is 2. The number of carbonyl (C=O) groups is 3. The zero-order valence-electron chi connectivity index (χ0n) is 32.5. The zero-order valence-corrected chi connectivity index (χ0v) is 34.0. The highest BCUT2D eigenvalue weighted by molar-refractivity contribution is 6.43. The third-order valence-electron chi connectivity index (χ3n) is 8.30. The average Bonchev–Trinajstić information content (AvgIpc) is 3.08. The first-order chi connectivity index (χ1) is 25.2. The van der Waals surface area contributed by atoms with Crippen molar-refractivity contribution < 1.29 is 33.3 Å². The highest BCUT2D eigenvalue weighted by Gasteiger charge is 2.35. The van der Waals surface area contributed by atoms with Crippen LogP contribution in [0.3, 0.4) is 0 Å². The molecule has 1 fully saturated rings. The Bertz CT molecular complexity index is 1810. The summed E-state index contributed by atoms with van der Waals surface area (Å²) >= 11 is 13.2. The van der Waals surface area contributed by atoms with Crippen molar-refractivity contribution in [1.82, 2.24) is 20.2 Å². The van der Waals surface area contributed by atoms with Crippen LogP contribution in [0.4, 0.5) is 43.0 Å². The summed E-state index contributed by atoms with van der Waals surface area (Å²) in [5.74, 6) is 0.318. The Kier molecular flexibility index (Phi) is 13.4. The van der Waals surface area contributed by atoms with Gasteiger partial charge in [-0.05, 0) is 86.7 Å². The molecule has 15 nitrogen and oxygen atoms in total. The smallest absolute Gasteiger partial charge is 0.423 e. The molecule has 1 saturated heterocycles. The fourth-order valence-corrected chi connectivity index (χ4v) is 6.38. The lowest BCUT2D eigenvalue weighted by Crippen LogP contribution is -2.46. The molecular formula is C37H50Cl2N8O7. The topological polar surface area (TPSA) is 165 Å². The molecule has 0 radical (unpaired) electrons. The number of nitrogens with two attached hydrogens (primary N) is 1. The summed E-state index contributed by atoms with van der Waals surface area (Å²) in [5.41, 5.74) is 6.45. The largest absolute Gasteiger partial charge is 0.495 e. The molecule has 0 spiro atoms. The minimum atomic E-state index is -1.07. The second-order valence-electron chi connectivity index (χ2n) is 14.8. The predicted molar refractivity (Wildman–Crippen MR) is 211 cm³/mol. The number of benzene rings is 2. The Labute approximate surface area is 326 Å². The highest BCUT2D eigenvalue weighted by Crippen LogP contribution is 2.46. The number of anilines is 5. The minimum absolute atomic E-state index is 0.0955. The van der Waals surface area contributed by atoms with Crippen molar-refractivity contribution >= 4 is 70.0 Å². The van der Waals surface area contributed by atoms with Crippen LogP contribution < -0.4 is 35.2 Å². The van der Waals surface area contributed by atoms with Crippen LogP contribution in [0.2, 0.25) is 10.0 Å². The fourth-order valence-electron chi connectivity index (χ4n) is 5.71. The number of nitrogens with zero attached hydrogens (tertiary/aromatic N) is 6. The number of rotatable bonds is 9. The molecular weight excluding hydrogens is 739 g/mol. The Hall–Kier alpha value is -4.73. The number of ether oxygens (including phenoxy) is 4. The van der Waals surface area contributed by atoms with Gasteiger partial charge in [0, 0.05) is 37.0 Å². The molecule has 0 saturated carbocycles. The van der Waals surface area contributed by atoms with Crippen molar-refractivity contribution in [3.8, 4) is 11.5 Å². The molecule has 0 atom stereocenters. The van der Waals surface area contributed by atoms with Gasteiger partial charge in [-0.2, -0.15) is 4.90 Å². The van der Waals surface area contributed by atoms with Gasteiger partial charge in [0.2, 0.25) is 0 Å². The van der Waals surface area contributed by atoms with Gasteiger partial charge in [-0.25, -0.2) is 29.3 Å². The van der Waals surface area contributed by atoms with Gasteiger partial charge in [-0.15, -0.1) is 0 Å². The Morgan fingerprint density at radius 3 is 1.98 bits per heavy atom. The molecule has 2 heterocycles. The first-order valence-electron chi connectivity index (χ1n) is 17.3. The average molecular weight is 790 g/mol. The van der Waals surface area contributed by atoms with E-state index in [0.29, 0.717) is 22.3 Å². The van der Waals surface area contributed by atoms with Crippen LogP contribution >= 0.6 is 23.2 Å². The quantitative estimate of drug-likeness (QED) is 0.204. The van der Waals surface area contributed by atoms with Gasteiger partial charge in [0.05, 0.1) is 37.8 Å². The van der Waals surface area contributed by atoms with E-state index >= 15 is 0 Å². The number of nitrogen functional groups attached to an aromatic ring is 1. The summed E-state index contributed by atoms with van der Waals surface area (Å²) < 4.78 is 22.0. The van der Waals surface area contributed by atoms with E-state index in [1.807, 2.05) is 12.1 Å². The summed E-state index contributed by atoms with van der Waals surface area (Å²) in [7, 11) is 6.91. The third kappa shape index (κ3) is 10.3. The second-order valence-corrected chi connectivity index (χ2v) is 15.6. The van der Waals surface area contributed by atoms with E-state index in [4.69, 9.17) is 47.9 Å². The van der Waals surface area contributed by atoms with Crippen LogP contribution in [0.15, 0.2) is 36.7 Å². The van der Waals surface area contributed by atoms with E-state index < -0.39 is 29.4 Å². The first-order valence-corrected chi connectivity index (χ1v) is 18.1. The summed E-state index contributed by atoms with van der Waals surface area (Å²) in [5, 5.41) is 2.39. The number of imide groups is 1. The Balaban J connectivity index is 1.67. The van der Waals surface area contributed by atoms with Gasteiger partial charge < -0.3 is 39.8 Å². The van der Waals surface area contributed by atoms with Crippen LogP contribution in [-0.2, 0) is 16.0 Å². The number of hydrogen-bond donors (Lipinski definition) is 2. The van der Waals surface area contributed by atoms with E-state index in [1.54, 1.807) is 47.6 Å². The maximum absolute atomic E-state index is 13.9. The second kappa shape index (κ2) is 17.2.